The highest BCUT2D eigenvalue weighted by Gasteiger charge is 2.43. The van der Waals surface area contributed by atoms with Crippen LogP contribution in [0.15, 0.2) is 12.2 Å². The van der Waals surface area contributed by atoms with E-state index < -0.39 is 36.8 Å². The van der Waals surface area contributed by atoms with Crippen molar-refractivity contribution in [3.05, 3.63) is 12.2 Å². The lowest BCUT2D eigenvalue weighted by Crippen LogP contribution is -2.32. The fraction of sp³-hybridized carbons (Fsp3) is 0.850. The Bertz CT molecular complexity index is 546. The second kappa shape index (κ2) is 14.0. The maximum Gasteiger partial charge on any atom is 0.303 e. The first-order valence-electron chi connectivity index (χ1n) is 11.4. The molecule has 0 radical (unpaired) electrons. The lowest BCUT2D eigenvalue weighted by Gasteiger charge is -2.25. The van der Waals surface area contributed by atoms with Crippen LogP contribution in [0.4, 0.5) is 8.78 Å². The Balaban J connectivity index is 2.80. The van der Waals surface area contributed by atoms with Crippen molar-refractivity contribution in [2.75, 3.05) is 0 Å². The fourth-order valence-corrected chi connectivity index (χ4v) is 4.46. The highest BCUT2D eigenvalue weighted by atomic mass is 31.0. The summed E-state index contributed by atoms with van der Waals surface area (Å²) < 4.78 is 54.3. The minimum atomic E-state index is -3.20. The first kappa shape index (κ1) is 23.5. The molecular formula is C20H36F2O5P2. The van der Waals surface area contributed by atoms with Crippen molar-refractivity contribution in [2.45, 2.75) is 95.4 Å². The molecular weight excluding hydrogens is 420 g/mol. The molecule has 0 amide bonds. The SMILES string of the molecule is [3H]PO[C@H]1C[C@@H](OP[3H])[C@H](/C=C/C(O)C(F)(F)CCCC)C1CCCCCCC(=O)O. The second-order valence-electron chi connectivity index (χ2n) is 7.83. The molecule has 0 aliphatic heterocycles. The molecule has 0 aromatic rings. The number of hydrogen-bond acceptors (Lipinski definition) is 4. The summed E-state index contributed by atoms with van der Waals surface area (Å²) >= 11 is 0. The summed E-state index contributed by atoms with van der Waals surface area (Å²) in [4.78, 5) is 10.6. The van der Waals surface area contributed by atoms with Crippen LogP contribution in [0.3, 0.4) is 0 Å². The van der Waals surface area contributed by atoms with Crippen molar-refractivity contribution < 1.29 is 32.8 Å². The molecule has 1 fully saturated rings. The highest BCUT2D eigenvalue weighted by molar-refractivity contribution is 7.10. The monoisotopic (exact) mass is 460 g/mol. The lowest BCUT2D eigenvalue weighted by molar-refractivity contribution is -0.137. The molecule has 9 heteroatoms. The third-order valence-corrected chi connectivity index (χ3v) is 6.26. The van der Waals surface area contributed by atoms with Gasteiger partial charge in [0.2, 0.25) is 0 Å². The van der Waals surface area contributed by atoms with Crippen LogP contribution in [0.25, 0.3) is 0 Å². The molecule has 0 bridgehead atoms. The number of alkyl halides is 2. The fourth-order valence-electron chi connectivity index (χ4n) is 3.94. The average molecular weight is 460 g/mol. The van der Waals surface area contributed by atoms with Gasteiger partial charge in [-0.05, 0) is 25.2 Å². The molecule has 1 rings (SSSR count). The first-order valence-corrected chi connectivity index (χ1v) is 11.2. The van der Waals surface area contributed by atoms with E-state index in [0.717, 1.165) is 31.8 Å². The number of carboxylic acid groups (broad SMARTS) is 1. The molecule has 29 heavy (non-hydrogen) atoms. The van der Waals surface area contributed by atoms with Gasteiger partial charge in [-0.1, -0.05) is 44.8 Å². The summed E-state index contributed by atoms with van der Waals surface area (Å²) in [6, 6.07) is 0. The molecule has 0 aromatic heterocycles. The first-order chi connectivity index (χ1) is 14.8. The van der Waals surface area contributed by atoms with Crippen molar-refractivity contribution in [1.29, 1.82) is 2.56 Å². The van der Waals surface area contributed by atoms with E-state index in [9.17, 15) is 18.7 Å². The molecule has 2 N–H and O–H groups in total. The summed E-state index contributed by atoms with van der Waals surface area (Å²) in [6.45, 7) is 1.82. The molecule has 170 valence electrons. The van der Waals surface area contributed by atoms with Crippen molar-refractivity contribution in [2.24, 2.45) is 11.8 Å². The number of unbranched alkanes of at least 4 members (excludes halogenated alkanes) is 4. The minimum Gasteiger partial charge on any atom is -0.481 e. The van der Waals surface area contributed by atoms with Crippen LogP contribution >= 0.6 is 18.8 Å². The second-order valence-corrected chi connectivity index (χ2v) is 8.30. The summed E-state index contributed by atoms with van der Waals surface area (Å²) in [5.74, 6) is -4.35. The van der Waals surface area contributed by atoms with Crippen LogP contribution in [-0.4, -0.2) is 43.0 Å². The van der Waals surface area contributed by atoms with Crippen LogP contribution in [0.5, 0.6) is 0 Å². The molecule has 4 unspecified atom stereocenters. The van der Waals surface area contributed by atoms with Gasteiger partial charge in [0, 0.05) is 44.0 Å². The van der Waals surface area contributed by atoms with Crippen LogP contribution in [0, 0.1) is 11.8 Å². The van der Waals surface area contributed by atoms with E-state index in [1.807, 2.05) is 6.92 Å². The maximum absolute atomic E-state index is 14.1. The summed E-state index contributed by atoms with van der Waals surface area (Å²) in [7, 11) is -0.963. The van der Waals surface area contributed by atoms with E-state index in [1.54, 1.807) is 6.08 Å². The number of hydrogen-bond donors (Lipinski definition) is 2. The molecule has 7 atom stereocenters. The van der Waals surface area contributed by atoms with Gasteiger partial charge in [-0.2, -0.15) is 0 Å². The molecule has 0 heterocycles. The number of aliphatic hydroxyl groups is 1. The Morgan fingerprint density at radius 3 is 2.59 bits per heavy atom. The quantitative estimate of drug-likeness (QED) is 0.179. The Morgan fingerprint density at radius 1 is 1.24 bits per heavy atom. The highest BCUT2D eigenvalue weighted by Crippen LogP contribution is 2.42. The number of aliphatic hydroxyl groups excluding tert-OH is 1. The molecule has 1 aliphatic rings. The number of carboxylic acids is 1. The molecule has 5 nitrogen and oxygen atoms in total. The lowest BCUT2D eigenvalue weighted by atomic mass is 9.87. The third-order valence-electron chi connectivity index (χ3n) is 5.66. The van der Waals surface area contributed by atoms with Crippen molar-refractivity contribution >= 4 is 24.8 Å². The topological polar surface area (TPSA) is 76.0 Å². The largest absolute Gasteiger partial charge is 0.481 e. The molecule has 0 saturated heterocycles. The number of halogens is 2. The van der Waals surface area contributed by atoms with Gasteiger partial charge in [-0.3, -0.25) is 4.79 Å². The zero-order valence-corrected chi connectivity index (χ0v) is 19.0. The van der Waals surface area contributed by atoms with Gasteiger partial charge >= 0.3 is 5.97 Å². The van der Waals surface area contributed by atoms with Crippen LogP contribution in [0.2, 0.25) is 0 Å². The Labute approximate surface area is 180 Å². The maximum atomic E-state index is 14.1. The van der Waals surface area contributed by atoms with Gasteiger partial charge in [0.05, 0.1) is 14.8 Å². The molecule has 0 aromatic carbocycles. The Kier molecular flexibility index (Phi) is 11.3. The summed E-state index contributed by atoms with van der Waals surface area (Å²) in [6.07, 6.45) is 5.22. The standard InChI is InChI=1S/C20H36F2O5P2/c1-2-3-12-20(21,22)18(23)11-10-15-14(16(26-28)13-17(15)27-29)8-6-4-5-7-9-19(24)25/h10-11,14-18,23H,2-9,12-13,28-29H2,1H3,(H,24,25)/b11-10+/t14?,15-,16+,17-,18?/m1/s1/i28T,29T/t14?,15-,16+,17-,18?,28?,29?. The van der Waals surface area contributed by atoms with Crippen molar-refractivity contribution in [3.8, 4) is 0 Å². The van der Waals surface area contributed by atoms with E-state index >= 15 is 0 Å². The van der Waals surface area contributed by atoms with E-state index in [1.165, 1.54) is 0 Å². The zero-order valence-electron chi connectivity index (χ0n) is 19.0. The van der Waals surface area contributed by atoms with Gasteiger partial charge in [0.25, 0.3) is 5.92 Å². The predicted molar refractivity (Wildman–Crippen MR) is 116 cm³/mol. The van der Waals surface area contributed by atoms with Crippen molar-refractivity contribution in [1.82, 2.24) is 0 Å². The molecule has 1 aliphatic carbocycles. The van der Waals surface area contributed by atoms with Crippen LogP contribution in [0.1, 0.15) is 71.1 Å². The molecule has 1 saturated carbocycles. The van der Waals surface area contributed by atoms with Gasteiger partial charge in [-0.25, -0.2) is 8.78 Å². The third kappa shape index (κ3) is 9.23. The van der Waals surface area contributed by atoms with Gasteiger partial charge in [0.15, 0.2) is 0 Å². The number of rotatable bonds is 17. The van der Waals surface area contributed by atoms with Crippen LogP contribution in [-0.2, 0) is 13.8 Å². The minimum absolute atomic E-state index is 0.0635. The van der Waals surface area contributed by atoms with E-state index in [4.69, 9.17) is 16.7 Å². The normalized spacial score (nSPS) is 28.0. The van der Waals surface area contributed by atoms with Crippen molar-refractivity contribution in [3.63, 3.8) is 0 Å². The average Bonchev–Trinajstić information content (AvgIpc) is 3.03. The van der Waals surface area contributed by atoms with Gasteiger partial charge in [-0.15, -0.1) is 0 Å². The molecule has 0 spiro atoms. The zero-order chi connectivity index (χ0) is 23.3. The number of aliphatic carboxylic acids is 1. The van der Waals surface area contributed by atoms with Crippen LogP contribution < -0.4 is 0 Å². The predicted octanol–water partition coefficient (Wildman–Crippen LogP) is 5.14. The van der Waals surface area contributed by atoms with E-state index in [0.29, 0.717) is 25.7 Å². The Hall–Kier alpha value is -0.190. The summed E-state index contributed by atoms with van der Waals surface area (Å²) in [5.41, 5.74) is 0. The van der Waals surface area contributed by atoms with Gasteiger partial charge in [0.1, 0.15) is 6.10 Å². The van der Waals surface area contributed by atoms with E-state index in [2.05, 4.69) is 0 Å². The van der Waals surface area contributed by atoms with E-state index in [-0.39, 0.29) is 36.9 Å². The Morgan fingerprint density at radius 2 is 1.93 bits per heavy atom. The summed E-state index contributed by atoms with van der Waals surface area (Å²) in [5, 5.41) is 18.7. The smallest absolute Gasteiger partial charge is 0.303 e. The number of carbonyl (C=O) groups is 1. The van der Waals surface area contributed by atoms with Gasteiger partial charge < -0.3 is 19.3 Å².